The summed E-state index contributed by atoms with van der Waals surface area (Å²) >= 11 is 3.81. The molecule has 0 aliphatic rings. The van der Waals surface area contributed by atoms with Crippen molar-refractivity contribution in [2.24, 2.45) is 5.92 Å². The summed E-state index contributed by atoms with van der Waals surface area (Å²) in [4.78, 5) is 10.7. The lowest BCUT2D eigenvalue weighted by Gasteiger charge is -2.13. The van der Waals surface area contributed by atoms with E-state index in [4.69, 9.17) is 4.74 Å². The Bertz CT molecular complexity index is 123. The van der Waals surface area contributed by atoms with E-state index in [0.717, 1.165) is 6.42 Å². The summed E-state index contributed by atoms with van der Waals surface area (Å²) in [5.74, 6) is 0.502. The van der Waals surface area contributed by atoms with Crippen molar-refractivity contribution in [3.8, 4) is 0 Å². The third-order valence-electron chi connectivity index (χ3n) is 1.27. The van der Waals surface area contributed by atoms with E-state index in [0.29, 0.717) is 5.92 Å². The molecule has 0 saturated carbocycles. The maximum Gasteiger partial charge on any atom is 0.315 e. The maximum atomic E-state index is 10.7. The molecule has 0 heterocycles. The van der Waals surface area contributed by atoms with Crippen LogP contribution < -0.4 is 0 Å². The van der Waals surface area contributed by atoms with Gasteiger partial charge in [-0.15, -0.1) is 0 Å². The zero-order chi connectivity index (χ0) is 8.85. The summed E-state index contributed by atoms with van der Waals surface area (Å²) in [5, 5.41) is 0. The standard InChI is InChI=1S/C8H16O2S/c1-6(2)4-7(3)10-8(9)5-11/h6-7,11H,4-5H2,1-3H3. The lowest BCUT2D eigenvalue weighted by molar-refractivity contribution is -0.145. The molecule has 1 unspecified atom stereocenters. The summed E-state index contributed by atoms with van der Waals surface area (Å²) in [5.41, 5.74) is 0. The highest BCUT2D eigenvalue weighted by atomic mass is 32.1. The number of esters is 1. The quantitative estimate of drug-likeness (QED) is 0.523. The Kier molecular flexibility index (Phi) is 5.38. The van der Waals surface area contributed by atoms with Gasteiger partial charge in [-0.2, -0.15) is 12.6 Å². The van der Waals surface area contributed by atoms with Crippen LogP contribution in [-0.2, 0) is 9.53 Å². The zero-order valence-corrected chi connectivity index (χ0v) is 8.23. The second-order valence-corrected chi connectivity index (χ2v) is 3.40. The van der Waals surface area contributed by atoms with E-state index >= 15 is 0 Å². The van der Waals surface area contributed by atoms with Crippen LogP contribution in [0.2, 0.25) is 0 Å². The largest absolute Gasteiger partial charge is 0.462 e. The second-order valence-electron chi connectivity index (χ2n) is 3.09. The first-order valence-corrected chi connectivity index (χ1v) is 4.49. The van der Waals surface area contributed by atoms with Crippen LogP contribution in [0, 0.1) is 5.92 Å². The topological polar surface area (TPSA) is 26.3 Å². The van der Waals surface area contributed by atoms with Gasteiger partial charge in [-0.3, -0.25) is 4.79 Å². The number of hydrogen-bond donors (Lipinski definition) is 1. The molecule has 0 spiro atoms. The van der Waals surface area contributed by atoms with Gasteiger partial charge in [-0.05, 0) is 19.3 Å². The summed E-state index contributed by atoms with van der Waals surface area (Å²) in [6, 6.07) is 0. The van der Waals surface area contributed by atoms with E-state index in [1.807, 2.05) is 6.92 Å². The molecule has 11 heavy (non-hydrogen) atoms. The Labute approximate surface area is 73.7 Å². The van der Waals surface area contributed by atoms with Gasteiger partial charge >= 0.3 is 5.97 Å². The SMILES string of the molecule is CC(C)CC(C)OC(=O)CS. The van der Waals surface area contributed by atoms with Crippen LogP contribution in [-0.4, -0.2) is 17.8 Å². The number of thiol groups is 1. The van der Waals surface area contributed by atoms with Crippen LogP contribution in [0.4, 0.5) is 0 Å². The fourth-order valence-electron chi connectivity index (χ4n) is 0.974. The highest BCUT2D eigenvalue weighted by molar-refractivity contribution is 7.81. The molecule has 0 aliphatic heterocycles. The normalized spacial score (nSPS) is 13.2. The van der Waals surface area contributed by atoms with Gasteiger partial charge < -0.3 is 4.74 Å². The fraction of sp³-hybridized carbons (Fsp3) is 0.875. The van der Waals surface area contributed by atoms with Crippen LogP contribution in [0.15, 0.2) is 0 Å². The van der Waals surface area contributed by atoms with Crippen LogP contribution in [0.3, 0.4) is 0 Å². The van der Waals surface area contributed by atoms with Gasteiger partial charge in [0.1, 0.15) is 0 Å². The number of ether oxygens (including phenoxy) is 1. The van der Waals surface area contributed by atoms with E-state index in [1.165, 1.54) is 0 Å². The molecule has 0 saturated heterocycles. The van der Waals surface area contributed by atoms with Crippen molar-refractivity contribution in [1.29, 1.82) is 0 Å². The molecule has 3 heteroatoms. The monoisotopic (exact) mass is 176 g/mol. The summed E-state index contributed by atoms with van der Waals surface area (Å²) in [7, 11) is 0. The first-order chi connectivity index (χ1) is 5.06. The summed E-state index contributed by atoms with van der Waals surface area (Å²) in [6.45, 7) is 6.11. The minimum atomic E-state index is -0.235. The average Bonchev–Trinajstić information content (AvgIpc) is 1.85. The van der Waals surface area contributed by atoms with Gasteiger partial charge in [0.25, 0.3) is 0 Å². The molecule has 0 rings (SSSR count). The minimum Gasteiger partial charge on any atom is -0.462 e. The minimum absolute atomic E-state index is 0.0228. The van der Waals surface area contributed by atoms with Crippen molar-refractivity contribution < 1.29 is 9.53 Å². The van der Waals surface area contributed by atoms with Crippen LogP contribution >= 0.6 is 12.6 Å². The van der Waals surface area contributed by atoms with Crippen molar-refractivity contribution in [2.45, 2.75) is 33.3 Å². The molecule has 0 aromatic heterocycles. The van der Waals surface area contributed by atoms with Crippen molar-refractivity contribution >= 4 is 18.6 Å². The highest BCUT2D eigenvalue weighted by Gasteiger charge is 2.08. The molecule has 0 aromatic rings. The Morgan fingerprint density at radius 2 is 2.00 bits per heavy atom. The van der Waals surface area contributed by atoms with E-state index in [9.17, 15) is 4.79 Å². The number of hydrogen-bond acceptors (Lipinski definition) is 3. The summed E-state index contributed by atoms with van der Waals surface area (Å²) < 4.78 is 5.00. The van der Waals surface area contributed by atoms with Crippen LogP contribution in [0.1, 0.15) is 27.2 Å². The highest BCUT2D eigenvalue weighted by Crippen LogP contribution is 2.07. The van der Waals surface area contributed by atoms with Crippen molar-refractivity contribution in [2.75, 3.05) is 5.75 Å². The molecule has 2 nitrogen and oxygen atoms in total. The van der Waals surface area contributed by atoms with Crippen molar-refractivity contribution in [3.05, 3.63) is 0 Å². The van der Waals surface area contributed by atoms with E-state index in [1.54, 1.807) is 0 Å². The third kappa shape index (κ3) is 6.23. The van der Waals surface area contributed by atoms with Gasteiger partial charge in [0, 0.05) is 0 Å². The molecule has 0 aromatic carbocycles. The van der Waals surface area contributed by atoms with Crippen LogP contribution in [0.25, 0.3) is 0 Å². The fourth-order valence-corrected chi connectivity index (χ4v) is 1.05. The Hall–Kier alpha value is -0.180. The Morgan fingerprint density at radius 3 is 2.36 bits per heavy atom. The second kappa shape index (κ2) is 5.47. The Morgan fingerprint density at radius 1 is 1.45 bits per heavy atom. The van der Waals surface area contributed by atoms with Gasteiger partial charge in [-0.1, -0.05) is 13.8 Å². The molecule has 0 radical (unpaired) electrons. The zero-order valence-electron chi connectivity index (χ0n) is 7.33. The maximum absolute atomic E-state index is 10.7. The van der Waals surface area contributed by atoms with Gasteiger partial charge in [0.15, 0.2) is 0 Å². The number of carbonyl (C=O) groups is 1. The molecule has 0 aliphatic carbocycles. The molecule has 0 amide bonds. The molecule has 0 fully saturated rings. The van der Waals surface area contributed by atoms with E-state index in [-0.39, 0.29) is 17.8 Å². The predicted octanol–water partition coefficient (Wildman–Crippen LogP) is 1.89. The molecule has 66 valence electrons. The molecule has 0 N–H and O–H groups in total. The number of carbonyl (C=O) groups excluding carboxylic acids is 1. The third-order valence-corrected chi connectivity index (χ3v) is 1.52. The Balaban J connectivity index is 3.51. The average molecular weight is 176 g/mol. The molecular weight excluding hydrogens is 160 g/mol. The van der Waals surface area contributed by atoms with Crippen molar-refractivity contribution in [1.82, 2.24) is 0 Å². The van der Waals surface area contributed by atoms with E-state index < -0.39 is 0 Å². The summed E-state index contributed by atoms with van der Waals surface area (Å²) in [6.07, 6.45) is 0.939. The molecular formula is C8H16O2S. The van der Waals surface area contributed by atoms with Gasteiger partial charge in [0.2, 0.25) is 0 Å². The first kappa shape index (κ1) is 10.8. The predicted molar refractivity (Wildman–Crippen MR) is 48.9 cm³/mol. The lowest BCUT2D eigenvalue weighted by atomic mass is 10.1. The van der Waals surface area contributed by atoms with Gasteiger partial charge in [-0.25, -0.2) is 0 Å². The lowest BCUT2D eigenvalue weighted by Crippen LogP contribution is -2.17. The molecule has 1 atom stereocenters. The van der Waals surface area contributed by atoms with Crippen molar-refractivity contribution in [3.63, 3.8) is 0 Å². The van der Waals surface area contributed by atoms with Crippen LogP contribution in [0.5, 0.6) is 0 Å². The van der Waals surface area contributed by atoms with Gasteiger partial charge in [0.05, 0.1) is 11.9 Å². The smallest absolute Gasteiger partial charge is 0.315 e. The first-order valence-electron chi connectivity index (χ1n) is 3.86. The van der Waals surface area contributed by atoms with E-state index in [2.05, 4.69) is 26.5 Å². The number of rotatable bonds is 4. The molecule has 0 bridgehead atoms.